The van der Waals surface area contributed by atoms with Gasteiger partial charge in [-0.2, -0.15) is 0 Å². The first-order valence-corrected chi connectivity index (χ1v) is 7.01. The van der Waals surface area contributed by atoms with E-state index >= 15 is 0 Å². The number of hydrogen-bond donors (Lipinski definition) is 1. The average molecular weight is 278 g/mol. The predicted molar refractivity (Wildman–Crippen MR) is 78.2 cm³/mol. The van der Waals surface area contributed by atoms with Crippen molar-refractivity contribution in [2.24, 2.45) is 5.73 Å². The number of allylic oxidation sites excluding steroid dienone is 1. The third kappa shape index (κ3) is 2.93. The Morgan fingerprint density at radius 2 is 2.11 bits per heavy atom. The number of rotatable bonds is 5. The topological polar surface area (TPSA) is 55.6 Å². The summed E-state index contributed by atoms with van der Waals surface area (Å²) >= 11 is 1.51. The number of primary amides is 1. The lowest BCUT2D eigenvalue weighted by Crippen LogP contribution is -2.40. The number of benzene rings is 1. The number of carbonyl (C=O) groups excluding carboxylic acids is 1. The monoisotopic (exact) mass is 278 g/mol. The van der Waals surface area contributed by atoms with Crippen molar-refractivity contribution < 1.29 is 9.53 Å². The van der Waals surface area contributed by atoms with Gasteiger partial charge in [0.25, 0.3) is 5.91 Å². The van der Waals surface area contributed by atoms with Crippen molar-refractivity contribution in [1.82, 2.24) is 4.90 Å². The third-order valence-corrected chi connectivity index (χ3v) is 4.28. The van der Waals surface area contributed by atoms with E-state index in [9.17, 15) is 4.79 Å². The van der Waals surface area contributed by atoms with Crippen LogP contribution in [0.2, 0.25) is 0 Å². The zero-order valence-corrected chi connectivity index (χ0v) is 11.9. The van der Waals surface area contributed by atoms with E-state index in [1.165, 1.54) is 11.8 Å². The molecule has 1 amide bonds. The summed E-state index contributed by atoms with van der Waals surface area (Å²) in [5, 5.41) is -0.342. The second kappa shape index (κ2) is 6.12. The summed E-state index contributed by atoms with van der Waals surface area (Å²) in [5.41, 5.74) is 7.67. The number of methoxy groups -OCH3 is 1. The maximum atomic E-state index is 11.6. The van der Waals surface area contributed by atoms with Crippen LogP contribution in [0.3, 0.4) is 0 Å². The van der Waals surface area contributed by atoms with E-state index in [0.29, 0.717) is 13.2 Å². The van der Waals surface area contributed by atoms with E-state index in [2.05, 4.69) is 0 Å². The summed E-state index contributed by atoms with van der Waals surface area (Å²) in [7, 11) is 1.65. The summed E-state index contributed by atoms with van der Waals surface area (Å²) in [6, 6.07) is 10.1. The van der Waals surface area contributed by atoms with Crippen molar-refractivity contribution in [2.45, 2.75) is 12.3 Å². The number of hydrogen-bond acceptors (Lipinski definition) is 4. The fraction of sp³-hybridized carbons (Fsp3) is 0.357. The molecular weight excluding hydrogens is 260 g/mol. The minimum atomic E-state index is -0.342. The van der Waals surface area contributed by atoms with Crippen LogP contribution in [-0.4, -0.2) is 36.4 Å². The molecule has 1 aliphatic rings. The number of amides is 1. The van der Waals surface area contributed by atoms with E-state index in [1.807, 2.05) is 42.2 Å². The number of nitrogens with two attached hydrogens (primary N) is 1. The first-order valence-electron chi connectivity index (χ1n) is 6.13. The molecule has 1 aliphatic heterocycles. The standard InChI is InChI=1S/C14H18N2O2S/c1-10-12(11-6-4-3-5-7-11)16(8-9-18-2)14(19-10)13(15)17/h3-7,14H,8-9H2,1-2H3,(H2,15,17). The van der Waals surface area contributed by atoms with Crippen LogP contribution in [0.4, 0.5) is 0 Å². The fourth-order valence-electron chi connectivity index (χ4n) is 2.20. The average Bonchev–Trinajstić information content (AvgIpc) is 2.74. The van der Waals surface area contributed by atoms with Crippen LogP contribution >= 0.6 is 11.8 Å². The number of carbonyl (C=O) groups is 1. The molecule has 0 bridgehead atoms. The Labute approximate surface area is 117 Å². The normalized spacial score (nSPS) is 19.1. The third-order valence-electron chi connectivity index (χ3n) is 3.02. The molecule has 0 aromatic heterocycles. The van der Waals surface area contributed by atoms with E-state index in [-0.39, 0.29) is 11.3 Å². The molecule has 1 atom stereocenters. The molecule has 1 unspecified atom stereocenters. The van der Waals surface area contributed by atoms with Crippen molar-refractivity contribution in [3.63, 3.8) is 0 Å². The summed E-state index contributed by atoms with van der Waals surface area (Å²) in [4.78, 5) is 14.7. The van der Waals surface area contributed by atoms with Crippen LogP contribution in [0.25, 0.3) is 5.70 Å². The van der Waals surface area contributed by atoms with E-state index < -0.39 is 0 Å². The highest BCUT2D eigenvalue weighted by Gasteiger charge is 2.34. The van der Waals surface area contributed by atoms with Crippen LogP contribution in [-0.2, 0) is 9.53 Å². The molecule has 5 heteroatoms. The van der Waals surface area contributed by atoms with E-state index in [4.69, 9.17) is 10.5 Å². The van der Waals surface area contributed by atoms with Crippen LogP contribution in [0.1, 0.15) is 12.5 Å². The van der Waals surface area contributed by atoms with Gasteiger partial charge in [0, 0.05) is 18.6 Å². The second-order valence-corrected chi connectivity index (χ2v) is 5.62. The molecular formula is C14H18N2O2S. The fourth-order valence-corrected chi connectivity index (χ4v) is 3.34. The lowest BCUT2D eigenvalue weighted by Gasteiger charge is -2.26. The second-order valence-electron chi connectivity index (χ2n) is 4.33. The van der Waals surface area contributed by atoms with Crippen LogP contribution in [0.15, 0.2) is 35.2 Å². The molecule has 2 N–H and O–H groups in total. The van der Waals surface area contributed by atoms with Crippen molar-refractivity contribution in [2.75, 3.05) is 20.3 Å². The molecule has 19 heavy (non-hydrogen) atoms. The molecule has 102 valence electrons. The first-order chi connectivity index (χ1) is 9.15. The van der Waals surface area contributed by atoms with Gasteiger partial charge in [0.1, 0.15) is 0 Å². The van der Waals surface area contributed by atoms with Gasteiger partial charge in [0.2, 0.25) is 0 Å². The lowest BCUT2D eigenvalue weighted by molar-refractivity contribution is -0.119. The summed E-state index contributed by atoms with van der Waals surface area (Å²) in [5.74, 6) is -0.314. The van der Waals surface area contributed by atoms with Crippen molar-refractivity contribution >= 4 is 23.4 Å². The molecule has 1 heterocycles. The molecule has 0 spiro atoms. The van der Waals surface area contributed by atoms with Gasteiger partial charge in [-0.1, -0.05) is 42.1 Å². The van der Waals surface area contributed by atoms with Crippen LogP contribution < -0.4 is 5.73 Å². The summed E-state index contributed by atoms with van der Waals surface area (Å²) in [6.45, 7) is 3.24. The Kier molecular flexibility index (Phi) is 4.50. The number of ether oxygens (including phenoxy) is 1. The Morgan fingerprint density at radius 3 is 2.68 bits per heavy atom. The highest BCUT2D eigenvalue weighted by atomic mass is 32.2. The van der Waals surface area contributed by atoms with Crippen molar-refractivity contribution in [1.29, 1.82) is 0 Å². The molecule has 2 rings (SSSR count). The Bertz CT molecular complexity index is 487. The van der Waals surface area contributed by atoms with E-state index in [1.54, 1.807) is 7.11 Å². The van der Waals surface area contributed by atoms with Crippen molar-refractivity contribution in [3.8, 4) is 0 Å². The number of thioether (sulfide) groups is 1. The quantitative estimate of drug-likeness (QED) is 0.893. The smallest absolute Gasteiger partial charge is 0.251 e. The van der Waals surface area contributed by atoms with Gasteiger partial charge in [-0.25, -0.2) is 0 Å². The summed E-state index contributed by atoms with van der Waals surface area (Å²) < 4.78 is 5.13. The Morgan fingerprint density at radius 1 is 1.42 bits per heavy atom. The Balaban J connectivity index is 2.32. The van der Waals surface area contributed by atoms with Gasteiger partial charge in [0.05, 0.1) is 12.3 Å². The molecule has 0 saturated carbocycles. The largest absolute Gasteiger partial charge is 0.383 e. The predicted octanol–water partition coefficient (Wildman–Crippen LogP) is 1.88. The molecule has 0 aliphatic carbocycles. The minimum absolute atomic E-state index is 0.314. The first kappa shape index (κ1) is 14.0. The van der Waals surface area contributed by atoms with Gasteiger partial charge in [-0.15, -0.1) is 0 Å². The minimum Gasteiger partial charge on any atom is -0.383 e. The molecule has 4 nitrogen and oxygen atoms in total. The van der Waals surface area contributed by atoms with Crippen LogP contribution in [0, 0.1) is 0 Å². The van der Waals surface area contributed by atoms with Gasteiger partial charge in [0.15, 0.2) is 5.37 Å². The summed E-state index contributed by atoms with van der Waals surface area (Å²) in [6.07, 6.45) is 0. The molecule has 0 radical (unpaired) electrons. The van der Waals surface area contributed by atoms with Gasteiger partial charge >= 0.3 is 0 Å². The van der Waals surface area contributed by atoms with Gasteiger partial charge in [-0.05, 0) is 12.5 Å². The lowest BCUT2D eigenvalue weighted by atomic mass is 10.1. The highest BCUT2D eigenvalue weighted by molar-refractivity contribution is 8.04. The molecule has 0 saturated heterocycles. The van der Waals surface area contributed by atoms with Crippen molar-refractivity contribution in [3.05, 3.63) is 40.8 Å². The zero-order chi connectivity index (χ0) is 13.8. The van der Waals surface area contributed by atoms with Crippen LogP contribution in [0.5, 0.6) is 0 Å². The highest BCUT2D eigenvalue weighted by Crippen LogP contribution is 2.42. The maximum Gasteiger partial charge on any atom is 0.251 e. The van der Waals surface area contributed by atoms with Gasteiger partial charge < -0.3 is 15.4 Å². The zero-order valence-electron chi connectivity index (χ0n) is 11.1. The molecule has 1 aromatic rings. The molecule has 0 fully saturated rings. The van der Waals surface area contributed by atoms with E-state index in [0.717, 1.165) is 16.2 Å². The molecule has 1 aromatic carbocycles. The SMILES string of the molecule is COCCN1C(c2ccccc2)=C(C)SC1C(N)=O. The maximum absolute atomic E-state index is 11.6. The Hall–Kier alpha value is -1.46. The number of nitrogens with zero attached hydrogens (tertiary/aromatic N) is 1. The van der Waals surface area contributed by atoms with Gasteiger partial charge in [-0.3, -0.25) is 4.79 Å².